The van der Waals surface area contributed by atoms with Crippen molar-refractivity contribution >= 4 is 23.1 Å². The van der Waals surface area contributed by atoms with Crippen molar-refractivity contribution in [1.82, 2.24) is 4.98 Å². The molecular formula is C14H13ClN2O. The summed E-state index contributed by atoms with van der Waals surface area (Å²) in [5, 5.41) is 0.577. The van der Waals surface area contributed by atoms with Gasteiger partial charge in [0, 0.05) is 34.6 Å². The van der Waals surface area contributed by atoms with Gasteiger partial charge in [-0.2, -0.15) is 0 Å². The van der Waals surface area contributed by atoms with E-state index in [0.29, 0.717) is 16.3 Å². The molecule has 2 rings (SSSR count). The summed E-state index contributed by atoms with van der Waals surface area (Å²) < 4.78 is 0. The highest BCUT2D eigenvalue weighted by atomic mass is 35.5. The number of benzene rings is 1. The van der Waals surface area contributed by atoms with Gasteiger partial charge in [0.25, 0.3) is 0 Å². The molecule has 0 amide bonds. The van der Waals surface area contributed by atoms with E-state index >= 15 is 0 Å². The first-order valence-corrected chi connectivity index (χ1v) is 5.96. The Hall–Kier alpha value is -1.87. The van der Waals surface area contributed by atoms with E-state index in [1.54, 1.807) is 42.7 Å². The molecule has 0 aliphatic rings. The van der Waals surface area contributed by atoms with Crippen molar-refractivity contribution in [2.75, 3.05) is 5.73 Å². The van der Waals surface area contributed by atoms with E-state index in [-0.39, 0.29) is 11.7 Å². The maximum absolute atomic E-state index is 12.3. The average Bonchev–Trinajstić information content (AvgIpc) is 2.41. The van der Waals surface area contributed by atoms with Crippen molar-refractivity contribution < 1.29 is 4.79 Å². The fourth-order valence-electron chi connectivity index (χ4n) is 1.83. The molecular weight excluding hydrogens is 248 g/mol. The Labute approximate surface area is 111 Å². The zero-order valence-corrected chi connectivity index (χ0v) is 10.7. The second-order valence-electron chi connectivity index (χ2n) is 4.10. The third-order valence-electron chi connectivity index (χ3n) is 2.87. The normalized spacial score (nSPS) is 12.1. The van der Waals surface area contributed by atoms with Crippen LogP contribution in [0.25, 0.3) is 0 Å². The summed E-state index contributed by atoms with van der Waals surface area (Å²) in [5.74, 6) is -0.322. The molecule has 0 aliphatic heterocycles. The van der Waals surface area contributed by atoms with Gasteiger partial charge >= 0.3 is 0 Å². The summed E-state index contributed by atoms with van der Waals surface area (Å²) >= 11 is 5.93. The monoisotopic (exact) mass is 260 g/mol. The molecule has 1 aromatic carbocycles. The van der Waals surface area contributed by atoms with Crippen LogP contribution in [0.4, 0.5) is 5.69 Å². The molecule has 4 heteroatoms. The molecule has 1 unspecified atom stereocenters. The molecule has 0 fully saturated rings. The van der Waals surface area contributed by atoms with Gasteiger partial charge in [-0.25, -0.2) is 0 Å². The van der Waals surface area contributed by atoms with E-state index in [1.807, 2.05) is 6.92 Å². The van der Waals surface area contributed by atoms with Gasteiger partial charge in [-0.15, -0.1) is 0 Å². The van der Waals surface area contributed by atoms with E-state index in [0.717, 1.165) is 5.56 Å². The van der Waals surface area contributed by atoms with E-state index in [2.05, 4.69) is 4.98 Å². The Morgan fingerprint density at radius 1 is 1.28 bits per heavy atom. The molecule has 0 spiro atoms. The quantitative estimate of drug-likeness (QED) is 0.680. The second kappa shape index (κ2) is 5.19. The van der Waals surface area contributed by atoms with Crippen LogP contribution in [0.3, 0.4) is 0 Å². The lowest BCUT2D eigenvalue weighted by Gasteiger charge is -2.13. The number of Topliss-reactive ketones (excluding diaryl/α,β-unsaturated/α-hetero) is 1. The number of pyridine rings is 1. The molecule has 0 saturated carbocycles. The fraction of sp³-hybridized carbons (Fsp3) is 0.143. The summed E-state index contributed by atoms with van der Waals surface area (Å²) in [6.45, 7) is 1.82. The maximum atomic E-state index is 12.3. The summed E-state index contributed by atoms with van der Waals surface area (Å²) in [4.78, 5) is 16.2. The number of carbonyl (C=O) groups is 1. The number of ketones is 1. The molecule has 18 heavy (non-hydrogen) atoms. The third-order valence-corrected chi connectivity index (χ3v) is 3.11. The number of carbonyl (C=O) groups excluding carboxylic acids is 1. The number of aromatic nitrogens is 1. The Bertz CT molecular complexity index is 569. The van der Waals surface area contributed by atoms with Crippen LogP contribution in [0.15, 0.2) is 42.7 Å². The molecule has 1 atom stereocenters. The molecule has 2 aromatic rings. The van der Waals surface area contributed by atoms with Gasteiger partial charge in [-0.05, 0) is 35.9 Å². The molecule has 0 radical (unpaired) electrons. The van der Waals surface area contributed by atoms with Crippen LogP contribution in [-0.2, 0) is 0 Å². The highest BCUT2D eigenvalue weighted by molar-refractivity contribution is 6.30. The first-order valence-electron chi connectivity index (χ1n) is 5.58. The predicted molar refractivity (Wildman–Crippen MR) is 72.8 cm³/mol. The van der Waals surface area contributed by atoms with Crippen molar-refractivity contribution in [2.24, 2.45) is 0 Å². The Balaban J connectivity index is 2.34. The van der Waals surface area contributed by atoms with Gasteiger partial charge in [0.1, 0.15) is 0 Å². The highest BCUT2D eigenvalue weighted by Gasteiger charge is 2.19. The van der Waals surface area contributed by atoms with Crippen LogP contribution in [0.2, 0.25) is 5.02 Å². The molecule has 92 valence electrons. The third kappa shape index (κ3) is 2.51. The number of nitrogens with zero attached hydrogens (tertiary/aromatic N) is 1. The molecule has 1 heterocycles. The second-order valence-corrected chi connectivity index (χ2v) is 4.53. The minimum absolute atomic E-state index is 0.00590. The fourth-order valence-corrected chi connectivity index (χ4v) is 2.01. The van der Waals surface area contributed by atoms with E-state index in [9.17, 15) is 4.79 Å². The number of nitrogen functional groups attached to an aromatic ring is 1. The van der Waals surface area contributed by atoms with E-state index in [1.165, 1.54) is 0 Å². The minimum atomic E-state index is -0.328. The first kappa shape index (κ1) is 12.6. The number of halogens is 1. The van der Waals surface area contributed by atoms with Crippen molar-refractivity contribution in [1.29, 1.82) is 0 Å². The molecule has 0 aliphatic carbocycles. The van der Waals surface area contributed by atoms with Gasteiger partial charge in [-0.1, -0.05) is 18.5 Å². The summed E-state index contributed by atoms with van der Waals surface area (Å²) in [6.07, 6.45) is 3.20. The number of rotatable bonds is 3. The summed E-state index contributed by atoms with van der Waals surface area (Å²) in [7, 11) is 0. The molecule has 3 nitrogen and oxygen atoms in total. The molecule has 2 N–H and O–H groups in total. The lowest BCUT2D eigenvalue weighted by atomic mass is 9.92. The largest absolute Gasteiger partial charge is 0.398 e. The summed E-state index contributed by atoms with van der Waals surface area (Å²) in [6, 6.07) is 8.55. The van der Waals surface area contributed by atoms with Gasteiger partial charge in [0.15, 0.2) is 5.78 Å². The lowest BCUT2D eigenvalue weighted by Crippen LogP contribution is -2.11. The molecule has 0 bridgehead atoms. The Kier molecular flexibility index (Phi) is 3.63. The number of hydrogen-bond acceptors (Lipinski definition) is 3. The Morgan fingerprint density at radius 2 is 1.94 bits per heavy atom. The zero-order valence-electron chi connectivity index (χ0n) is 9.93. The average molecular weight is 261 g/mol. The van der Waals surface area contributed by atoms with Crippen LogP contribution >= 0.6 is 11.6 Å². The minimum Gasteiger partial charge on any atom is -0.398 e. The molecule has 1 aromatic heterocycles. The number of anilines is 1. The standard InChI is InChI=1S/C14H13ClN2O/c1-9(12-8-11(15)2-3-13(12)16)14(18)10-4-6-17-7-5-10/h2-9H,16H2,1H3. The SMILES string of the molecule is CC(C(=O)c1ccncc1)c1cc(Cl)ccc1N. The maximum Gasteiger partial charge on any atom is 0.170 e. The topological polar surface area (TPSA) is 56.0 Å². The van der Waals surface area contributed by atoms with Crippen molar-refractivity contribution in [3.63, 3.8) is 0 Å². The van der Waals surface area contributed by atoms with Crippen LogP contribution in [-0.4, -0.2) is 10.8 Å². The van der Waals surface area contributed by atoms with Gasteiger partial charge in [-0.3, -0.25) is 9.78 Å². The van der Waals surface area contributed by atoms with Crippen LogP contribution in [0.5, 0.6) is 0 Å². The van der Waals surface area contributed by atoms with E-state index < -0.39 is 0 Å². The van der Waals surface area contributed by atoms with Gasteiger partial charge in [0.2, 0.25) is 0 Å². The van der Waals surface area contributed by atoms with Gasteiger partial charge in [0.05, 0.1) is 0 Å². The van der Waals surface area contributed by atoms with Crippen molar-refractivity contribution in [3.05, 3.63) is 58.9 Å². The van der Waals surface area contributed by atoms with Crippen LogP contribution in [0, 0.1) is 0 Å². The highest BCUT2D eigenvalue weighted by Crippen LogP contribution is 2.28. The Morgan fingerprint density at radius 3 is 2.61 bits per heavy atom. The zero-order chi connectivity index (χ0) is 13.1. The van der Waals surface area contributed by atoms with Crippen molar-refractivity contribution in [2.45, 2.75) is 12.8 Å². The first-order chi connectivity index (χ1) is 8.59. The van der Waals surface area contributed by atoms with E-state index in [4.69, 9.17) is 17.3 Å². The molecule has 0 saturated heterocycles. The van der Waals surface area contributed by atoms with Crippen LogP contribution in [0.1, 0.15) is 28.8 Å². The predicted octanol–water partition coefficient (Wildman–Crippen LogP) is 3.30. The van der Waals surface area contributed by atoms with Crippen molar-refractivity contribution in [3.8, 4) is 0 Å². The number of hydrogen-bond donors (Lipinski definition) is 1. The smallest absolute Gasteiger partial charge is 0.170 e. The van der Waals surface area contributed by atoms with Crippen LogP contribution < -0.4 is 5.73 Å². The van der Waals surface area contributed by atoms with Gasteiger partial charge < -0.3 is 5.73 Å². The lowest BCUT2D eigenvalue weighted by molar-refractivity contribution is 0.0966. The number of nitrogens with two attached hydrogens (primary N) is 1. The summed E-state index contributed by atoms with van der Waals surface area (Å²) in [5.41, 5.74) is 7.84.